The standard InChI is InChI=1S/C14H21FN2/c1-17(10-11-4-2-3-5-11)14-7-12(9-16)6-13(15)8-14/h6-8,11H,2-5,9-10,16H2,1H3. The molecule has 1 aromatic carbocycles. The van der Waals surface area contributed by atoms with Gasteiger partial charge in [0.15, 0.2) is 0 Å². The van der Waals surface area contributed by atoms with E-state index in [9.17, 15) is 4.39 Å². The third kappa shape index (κ3) is 3.19. The van der Waals surface area contributed by atoms with Crippen molar-refractivity contribution in [2.24, 2.45) is 11.7 Å². The average Bonchev–Trinajstić information content (AvgIpc) is 2.81. The topological polar surface area (TPSA) is 29.3 Å². The summed E-state index contributed by atoms with van der Waals surface area (Å²) in [4.78, 5) is 2.15. The van der Waals surface area contributed by atoms with Gasteiger partial charge in [-0.2, -0.15) is 0 Å². The highest BCUT2D eigenvalue weighted by Gasteiger charge is 2.17. The summed E-state index contributed by atoms with van der Waals surface area (Å²) in [5.74, 6) is 0.575. The molecular weight excluding hydrogens is 215 g/mol. The molecule has 0 aliphatic heterocycles. The van der Waals surface area contributed by atoms with Crippen LogP contribution in [0.1, 0.15) is 31.2 Å². The molecule has 1 saturated carbocycles. The molecule has 17 heavy (non-hydrogen) atoms. The molecule has 0 aromatic heterocycles. The molecule has 0 atom stereocenters. The lowest BCUT2D eigenvalue weighted by Crippen LogP contribution is -2.24. The van der Waals surface area contributed by atoms with E-state index in [1.807, 2.05) is 13.1 Å². The molecule has 0 amide bonds. The summed E-state index contributed by atoms with van der Waals surface area (Å²) in [5.41, 5.74) is 7.37. The summed E-state index contributed by atoms with van der Waals surface area (Å²) >= 11 is 0. The van der Waals surface area contributed by atoms with Gasteiger partial charge in [-0.25, -0.2) is 4.39 Å². The first-order chi connectivity index (χ1) is 8.19. The maximum absolute atomic E-state index is 13.4. The number of rotatable bonds is 4. The Bertz CT molecular complexity index is 372. The quantitative estimate of drug-likeness (QED) is 0.871. The maximum Gasteiger partial charge on any atom is 0.125 e. The molecule has 0 saturated heterocycles. The van der Waals surface area contributed by atoms with E-state index in [2.05, 4.69) is 4.90 Å². The highest BCUT2D eigenvalue weighted by atomic mass is 19.1. The van der Waals surface area contributed by atoms with E-state index >= 15 is 0 Å². The lowest BCUT2D eigenvalue weighted by Gasteiger charge is -2.23. The first kappa shape index (κ1) is 12.4. The van der Waals surface area contributed by atoms with Crippen LogP contribution in [0.5, 0.6) is 0 Å². The van der Waals surface area contributed by atoms with Crippen LogP contribution in [-0.4, -0.2) is 13.6 Å². The predicted molar refractivity (Wildman–Crippen MR) is 69.5 cm³/mol. The zero-order valence-corrected chi connectivity index (χ0v) is 10.5. The minimum absolute atomic E-state index is 0.193. The van der Waals surface area contributed by atoms with Crippen molar-refractivity contribution >= 4 is 5.69 Å². The van der Waals surface area contributed by atoms with Gasteiger partial charge in [-0.3, -0.25) is 0 Å². The lowest BCUT2D eigenvalue weighted by molar-refractivity contribution is 0.546. The van der Waals surface area contributed by atoms with Gasteiger partial charge in [-0.05, 0) is 42.5 Å². The zero-order valence-electron chi connectivity index (χ0n) is 10.5. The SMILES string of the molecule is CN(CC1CCCC1)c1cc(F)cc(CN)c1. The van der Waals surface area contributed by atoms with Gasteiger partial charge in [-0.15, -0.1) is 0 Å². The van der Waals surface area contributed by atoms with Gasteiger partial charge < -0.3 is 10.6 Å². The van der Waals surface area contributed by atoms with Crippen molar-refractivity contribution in [3.05, 3.63) is 29.6 Å². The van der Waals surface area contributed by atoms with Gasteiger partial charge in [-0.1, -0.05) is 12.8 Å². The Balaban J connectivity index is 2.06. The van der Waals surface area contributed by atoms with Gasteiger partial charge in [0.05, 0.1) is 0 Å². The number of nitrogens with two attached hydrogens (primary N) is 1. The van der Waals surface area contributed by atoms with Crippen LogP contribution in [0.25, 0.3) is 0 Å². The Kier molecular flexibility index (Phi) is 4.00. The van der Waals surface area contributed by atoms with Gasteiger partial charge in [0.1, 0.15) is 5.82 Å². The first-order valence-electron chi connectivity index (χ1n) is 6.39. The van der Waals surface area contributed by atoms with Crippen molar-refractivity contribution in [1.29, 1.82) is 0 Å². The molecular formula is C14H21FN2. The Morgan fingerprint density at radius 3 is 2.65 bits per heavy atom. The van der Waals surface area contributed by atoms with Crippen molar-refractivity contribution < 1.29 is 4.39 Å². The van der Waals surface area contributed by atoms with Gasteiger partial charge >= 0.3 is 0 Å². The van der Waals surface area contributed by atoms with Crippen LogP contribution in [0.15, 0.2) is 18.2 Å². The van der Waals surface area contributed by atoms with Crippen molar-refractivity contribution in [3.63, 3.8) is 0 Å². The minimum atomic E-state index is -0.193. The fourth-order valence-electron chi connectivity index (χ4n) is 2.66. The minimum Gasteiger partial charge on any atom is -0.374 e. The predicted octanol–water partition coefficient (Wildman–Crippen LogP) is 2.91. The Morgan fingerprint density at radius 2 is 2.00 bits per heavy atom. The van der Waals surface area contributed by atoms with Crippen LogP contribution in [-0.2, 0) is 6.54 Å². The molecule has 0 radical (unpaired) electrons. The first-order valence-corrected chi connectivity index (χ1v) is 6.39. The molecule has 0 bridgehead atoms. The molecule has 1 aliphatic carbocycles. The number of hydrogen-bond donors (Lipinski definition) is 1. The second kappa shape index (κ2) is 5.50. The Labute approximate surface area is 103 Å². The van der Waals surface area contributed by atoms with Crippen LogP contribution < -0.4 is 10.6 Å². The van der Waals surface area contributed by atoms with E-state index < -0.39 is 0 Å². The Morgan fingerprint density at radius 1 is 1.29 bits per heavy atom. The van der Waals surface area contributed by atoms with Gasteiger partial charge in [0.2, 0.25) is 0 Å². The van der Waals surface area contributed by atoms with E-state index in [0.717, 1.165) is 23.7 Å². The van der Waals surface area contributed by atoms with Crippen LogP contribution in [0.2, 0.25) is 0 Å². The molecule has 0 heterocycles. The fraction of sp³-hybridized carbons (Fsp3) is 0.571. The molecule has 1 aromatic rings. The van der Waals surface area contributed by atoms with Crippen LogP contribution >= 0.6 is 0 Å². The summed E-state index contributed by atoms with van der Waals surface area (Å²) in [6, 6.07) is 5.08. The molecule has 0 unspecified atom stereocenters. The van der Waals surface area contributed by atoms with Crippen LogP contribution in [0.3, 0.4) is 0 Å². The lowest BCUT2D eigenvalue weighted by atomic mass is 10.1. The van der Waals surface area contributed by atoms with Crippen molar-refractivity contribution in [1.82, 2.24) is 0 Å². The smallest absolute Gasteiger partial charge is 0.125 e. The summed E-state index contributed by atoms with van der Waals surface area (Å²) in [6.45, 7) is 1.41. The Hall–Kier alpha value is -1.09. The number of nitrogens with zero attached hydrogens (tertiary/aromatic N) is 1. The van der Waals surface area contributed by atoms with Crippen molar-refractivity contribution in [3.8, 4) is 0 Å². The fourth-order valence-corrected chi connectivity index (χ4v) is 2.66. The molecule has 1 aliphatic rings. The zero-order chi connectivity index (χ0) is 12.3. The number of hydrogen-bond acceptors (Lipinski definition) is 2. The van der Waals surface area contributed by atoms with E-state index in [0.29, 0.717) is 6.54 Å². The largest absolute Gasteiger partial charge is 0.374 e. The average molecular weight is 236 g/mol. The summed E-state index contributed by atoms with van der Waals surface area (Å²) in [5, 5.41) is 0. The third-order valence-corrected chi connectivity index (χ3v) is 3.63. The molecule has 2 rings (SSSR count). The number of anilines is 1. The van der Waals surface area contributed by atoms with Crippen molar-refractivity contribution in [2.45, 2.75) is 32.2 Å². The highest BCUT2D eigenvalue weighted by molar-refractivity contribution is 5.48. The molecule has 3 heteroatoms. The molecule has 2 nitrogen and oxygen atoms in total. The summed E-state index contributed by atoms with van der Waals surface area (Å²) < 4.78 is 13.4. The second-order valence-electron chi connectivity index (χ2n) is 5.05. The number of halogens is 1. The maximum atomic E-state index is 13.4. The molecule has 0 spiro atoms. The highest BCUT2D eigenvalue weighted by Crippen LogP contribution is 2.27. The second-order valence-corrected chi connectivity index (χ2v) is 5.05. The summed E-state index contributed by atoms with van der Waals surface area (Å²) in [7, 11) is 2.04. The van der Waals surface area contributed by atoms with Crippen LogP contribution in [0.4, 0.5) is 10.1 Å². The molecule has 2 N–H and O–H groups in total. The van der Waals surface area contributed by atoms with E-state index in [4.69, 9.17) is 5.73 Å². The monoisotopic (exact) mass is 236 g/mol. The van der Waals surface area contributed by atoms with Crippen LogP contribution in [0, 0.1) is 11.7 Å². The number of benzene rings is 1. The van der Waals surface area contributed by atoms with Crippen molar-refractivity contribution in [2.75, 3.05) is 18.5 Å². The molecule has 94 valence electrons. The van der Waals surface area contributed by atoms with Gasteiger partial charge in [0, 0.05) is 25.8 Å². The summed E-state index contributed by atoms with van der Waals surface area (Å²) in [6.07, 6.45) is 5.30. The normalized spacial score (nSPS) is 16.4. The third-order valence-electron chi connectivity index (χ3n) is 3.63. The van der Waals surface area contributed by atoms with E-state index in [1.54, 1.807) is 6.07 Å². The van der Waals surface area contributed by atoms with E-state index in [1.165, 1.54) is 31.7 Å². The van der Waals surface area contributed by atoms with Gasteiger partial charge in [0.25, 0.3) is 0 Å². The molecule has 1 fully saturated rings. The van der Waals surface area contributed by atoms with E-state index in [-0.39, 0.29) is 5.82 Å².